The molecule has 3 heterocycles. The number of carbonyl (C=O) groups is 3. The second kappa shape index (κ2) is 9.93. The molecule has 4 rings (SSSR count). The molecule has 2 atom stereocenters. The Balaban J connectivity index is 0.000000406. The van der Waals surface area contributed by atoms with Gasteiger partial charge in [-0.3, -0.25) is 9.59 Å². The maximum Gasteiger partial charge on any atom is 0.490 e. The van der Waals surface area contributed by atoms with Crippen LogP contribution in [0.5, 0.6) is 0 Å². The van der Waals surface area contributed by atoms with Gasteiger partial charge in [0.1, 0.15) is 0 Å². The van der Waals surface area contributed by atoms with Crippen molar-refractivity contribution >= 4 is 17.8 Å². The smallest absolute Gasteiger partial charge is 0.475 e. The Morgan fingerprint density at radius 1 is 1.15 bits per heavy atom. The lowest BCUT2D eigenvalue weighted by atomic mass is 9.75. The van der Waals surface area contributed by atoms with Gasteiger partial charge in [0.2, 0.25) is 5.91 Å². The molecule has 188 valence electrons. The number of halogens is 3. The lowest BCUT2D eigenvalue weighted by Crippen LogP contribution is -2.56. The summed E-state index contributed by atoms with van der Waals surface area (Å²) in [6.07, 6.45) is -3.35. The molecular formula is C24H32F3N3O4. The Morgan fingerprint density at radius 3 is 2.21 bits per heavy atom. The molecule has 1 aromatic carbocycles. The highest BCUT2D eigenvalue weighted by molar-refractivity contribution is 5.94. The van der Waals surface area contributed by atoms with Crippen molar-refractivity contribution < 1.29 is 32.7 Å². The first-order valence-corrected chi connectivity index (χ1v) is 11.5. The first-order valence-electron chi connectivity index (χ1n) is 11.5. The number of nitrogens with zero attached hydrogens (tertiary/aromatic N) is 2. The van der Waals surface area contributed by atoms with Crippen molar-refractivity contribution in [1.29, 1.82) is 0 Å². The number of fused-ring (bicyclic) bond motifs is 2. The van der Waals surface area contributed by atoms with Gasteiger partial charge in [-0.2, -0.15) is 13.2 Å². The summed E-state index contributed by atoms with van der Waals surface area (Å²) in [7, 11) is 0. The van der Waals surface area contributed by atoms with Gasteiger partial charge in [-0.25, -0.2) is 4.79 Å². The Morgan fingerprint density at radius 2 is 1.71 bits per heavy atom. The average molecular weight is 484 g/mol. The summed E-state index contributed by atoms with van der Waals surface area (Å²) in [5, 5.41) is 10.5. The number of aryl methyl sites for hydroxylation is 1. The molecule has 3 fully saturated rings. The number of carbonyl (C=O) groups excluding carboxylic acids is 2. The predicted octanol–water partition coefficient (Wildman–Crippen LogP) is 2.94. The standard InChI is InChI=1S/C22H31N3O2.C2HF3O2/c1-15(2)12-24-13-18-19(14-24)22(23-20(18)26)8-10-25(11-9-22)21(27)17-6-4-16(3)5-7-17;3-2(4,5)1(6)7/h4-7,15,18-19H,8-14H2,1-3H3,(H,23,26);(H,6,7)/t18-,19+;/m1./s1. The third kappa shape index (κ3) is 5.71. The Bertz CT molecular complexity index is 909. The van der Waals surface area contributed by atoms with Gasteiger partial charge in [0, 0.05) is 49.7 Å². The zero-order chi connectivity index (χ0) is 25.3. The second-order valence-corrected chi connectivity index (χ2v) is 9.93. The van der Waals surface area contributed by atoms with Crippen molar-refractivity contribution in [3.8, 4) is 0 Å². The van der Waals surface area contributed by atoms with Gasteiger partial charge in [0.05, 0.1) is 5.92 Å². The molecule has 1 aromatic rings. The van der Waals surface area contributed by atoms with E-state index in [0.717, 1.165) is 56.7 Å². The van der Waals surface area contributed by atoms with Crippen LogP contribution < -0.4 is 5.32 Å². The summed E-state index contributed by atoms with van der Waals surface area (Å²) in [5.74, 6) is -1.28. The van der Waals surface area contributed by atoms with Crippen molar-refractivity contribution in [2.75, 3.05) is 32.7 Å². The zero-order valence-electron chi connectivity index (χ0n) is 19.7. The van der Waals surface area contributed by atoms with E-state index in [1.54, 1.807) is 0 Å². The van der Waals surface area contributed by atoms with E-state index >= 15 is 0 Å². The van der Waals surface area contributed by atoms with Gasteiger partial charge in [-0.15, -0.1) is 0 Å². The number of alkyl halides is 3. The minimum absolute atomic E-state index is 0.110. The number of nitrogens with one attached hydrogen (secondary N) is 1. The summed E-state index contributed by atoms with van der Waals surface area (Å²) in [6, 6.07) is 7.80. The Labute approximate surface area is 197 Å². The number of amides is 2. The maximum absolute atomic E-state index is 12.8. The minimum Gasteiger partial charge on any atom is -0.475 e. The lowest BCUT2D eigenvalue weighted by molar-refractivity contribution is -0.192. The molecule has 0 bridgehead atoms. The zero-order valence-corrected chi connectivity index (χ0v) is 19.7. The summed E-state index contributed by atoms with van der Waals surface area (Å²) < 4.78 is 31.7. The summed E-state index contributed by atoms with van der Waals surface area (Å²) in [4.78, 5) is 38.7. The number of aliphatic carboxylic acids is 1. The highest BCUT2D eigenvalue weighted by Crippen LogP contribution is 2.44. The van der Waals surface area contributed by atoms with Crippen LogP contribution in [-0.4, -0.2) is 77.1 Å². The minimum atomic E-state index is -5.08. The molecule has 2 amide bonds. The highest BCUT2D eigenvalue weighted by Gasteiger charge is 2.57. The van der Waals surface area contributed by atoms with Crippen LogP contribution in [0, 0.1) is 24.7 Å². The fraction of sp³-hybridized carbons (Fsp3) is 0.625. The molecule has 0 aromatic heterocycles. The first-order chi connectivity index (χ1) is 15.8. The van der Waals surface area contributed by atoms with Crippen LogP contribution in [0.4, 0.5) is 13.2 Å². The quantitative estimate of drug-likeness (QED) is 0.690. The van der Waals surface area contributed by atoms with Crippen LogP contribution in [0.3, 0.4) is 0 Å². The van der Waals surface area contributed by atoms with Crippen LogP contribution in [0.2, 0.25) is 0 Å². The number of piperidine rings is 1. The van der Waals surface area contributed by atoms with Gasteiger partial charge >= 0.3 is 12.1 Å². The molecule has 3 saturated heterocycles. The van der Waals surface area contributed by atoms with Crippen molar-refractivity contribution in [2.45, 2.75) is 45.3 Å². The SMILES string of the molecule is Cc1ccc(C(=O)N2CCC3(CC2)NC(=O)[C@@H]2CN(CC(C)C)C[C@@H]23)cc1.O=C(O)C(F)(F)F. The summed E-state index contributed by atoms with van der Waals surface area (Å²) in [5.41, 5.74) is 1.81. The number of hydrogen-bond donors (Lipinski definition) is 2. The Kier molecular flexibility index (Phi) is 7.59. The van der Waals surface area contributed by atoms with Gasteiger partial charge in [-0.1, -0.05) is 31.5 Å². The van der Waals surface area contributed by atoms with E-state index in [-0.39, 0.29) is 23.3 Å². The average Bonchev–Trinajstić information content (AvgIpc) is 3.27. The molecule has 0 unspecified atom stereocenters. The first kappa shape index (κ1) is 26.0. The summed E-state index contributed by atoms with van der Waals surface area (Å²) >= 11 is 0. The fourth-order valence-corrected chi connectivity index (χ4v) is 5.29. The molecule has 7 nitrogen and oxygen atoms in total. The van der Waals surface area contributed by atoms with Crippen LogP contribution in [0.15, 0.2) is 24.3 Å². The van der Waals surface area contributed by atoms with Gasteiger partial charge in [0.25, 0.3) is 5.91 Å². The molecule has 3 aliphatic rings. The topological polar surface area (TPSA) is 90.0 Å². The van der Waals surface area contributed by atoms with E-state index in [1.165, 1.54) is 0 Å². The van der Waals surface area contributed by atoms with E-state index in [0.29, 0.717) is 11.8 Å². The van der Waals surface area contributed by atoms with Crippen molar-refractivity contribution in [3.05, 3.63) is 35.4 Å². The van der Waals surface area contributed by atoms with Crippen LogP contribution in [-0.2, 0) is 9.59 Å². The van der Waals surface area contributed by atoms with E-state index in [1.807, 2.05) is 36.1 Å². The third-order valence-electron chi connectivity index (χ3n) is 6.92. The molecule has 0 saturated carbocycles. The van der Waals surface area contributed by atoms with Gasteiger partial charge < -0.3 is 20.2 Å². The predicted molar refractivity (Wildman–Crippen MR) is 119 cm³/mol. The van der Waals surface area contributed by atoms with Crippen molar-refractivity contribution in [2.24, 2.45) is 17.8 Å². The van der Waals surface area contributed by atoms with E-state index in [9.17, 15) is 22.8 Å². The van der Waals surface area contributed by atoms with Crippen LogP contribution in [0.25, 0.3) is 0 Å². The molecule has 1 spiro atoms. The molecule has 3 aliphatic heterocycles. The number of hydrogen-bond acceptors (Lipinski definition) is 4. The van der Waals surface area contributed by atoms with Gasteiger partial charge in [0.15, 0.2) is 0 Å². The van der Waals surface area contributed by atoms with Crippen LogP contribution in [0.1, 0.15) is 42.6 Å². The largest absolute Gasteiger partial charge is 0.490 e. The molecular weight excluding hydrogens is 451 g/mol. The van der Waals surface area contributed by atoms with Crippen molar-refractivity contribution in [1.82, 2.24) is 15.1 Å². The van der Waals surface area contributed by atoms with E-state index < -0.39 is 12.1 Å². The monoisotopic (exact) mass is 483 g/mol. The van der Waals surface area contributed by atoms with Gasteiger partial charge in [-0.05, 0) is 37.8 Å². The maximum atomic E-state index is 12.8. The molecule has 10 heteroatoms. The van der Waals surface area contributed by atoms with Crippen LogP contribution >= 0.6 is 0 Å². The Hall–Kier alpha value is -2.62. The fourth-order valence-electron chi connectivity index (χ4n) is 5.29. The van der Waals surface area contributed by atoms with E-state index in [2.05, 4.69) is 24.1 Å². The lowest BCUT2D eigenvalue weighted by Gasteiger charge is -2.43. The molecule has 0 aliphatic carbocycles. The second-order valence-electron chi connectivity index (χ2n) is 9.93. The number of rotatable bonds is 3. The van der Waals surface area contributed by atoms with Crippen molar-refractivity contribution in [3.63, 3.8) is 0 Å². The van der Waals surface area contributed by atoms with E-state index in [4.69, 9.17) is 9.90 Å². The third-order valence-corrected chi connectivity index (χ3v) is 6.92. The molecule has 34 heavy (non-hydrogen) atoms. The number of benzene rings is 1. The molecule has 2 N–H and O–H groups in total. The number of carboxylic acids is 1. The normalized spacial score (nSPS) is 24.0. The summed E-state index contributed by atoms with van der Waals surface area (Å²) in [6.45, 7) is 10.9. The molecule has 0 radical (unpaired) electrons. The number of carboxylic acid groups (broad SMARTS) is 1. The highest BCUT2D eigenvalue weighted by atomic mass is 19.4. The number of likely N-dealkylation sites (tertiary alicyclic amines) is 2.